The Morgan fingerprint density at radius 1 is 1.05 bits per heavy atom. The van der Waals surface area contributed by atoms with Gasteiger partial charge in [-0.05, 0) is 60.2 Å². The number of carbonyl (C=O) groups is 1. The molecule has 1 aromatic heterocycles. The number of nitrogens with zero attached hydrogens (tertiary/aromatic N) is 3. The van der Waals surface area contributed by atoms with Gasteiger partial charge >= 0.3 is 0 Å². The zero-order valence-electron chi connectivity index (χ0n) is 20.7. The monoisotopic (exact) mass is 492 g/mol. The number of pyridine rings is 1. The van der Waals surface area contributed by atoms with E-state index in [1.807, 2.05) is 65.6 Å². The van der Waals surface area contributed by atoms with Crippen LogP contribution in [0.4, 0.5) is 5.82 Å². The summed E-state index contributed by atoms with van der Waals surface area (Å²) in [5.41, 5.74) is 3.03. The van der Waals surface area contributed by atoms with Gasteiger partial charge in [-0.25, -0.2) is 4.98 Å². The molecule has 4 aromatic rings. The smallest absolute Gasteiger partial charge is 0.257 e. The molecule has 1 fully saturated rings. The lowest BCUT2D eigenvalue weighted by molar-refractivity contribution is 0.0789. The fourth-order valence-electron chi connectivity index (χ4n) is 4.61. The molecule has 37 heavy (non-hydrogen) atoms. The van der Waals surface area contributed by atoms with E-state index >= 15 is 0 Å². The van der Waals surface area contributed by atoms with E-state index in [1.165, 1.54) is 0 Å². The molecule has 2 heterocycles. The maximum atomic E-state index is 13.1. The molecule has 7 nitrogen and oxygen atoms in total. The maximum absolute atomic E-state index is 13.1. The number of anilines is 1. The average molecular weight is 493 g/mol. The Bertz CT molecular complexity index is 1460. The van der Waals surface area contributed by atoms with Gasteiger partial charge in [0.1, 0.15) is 23.9 Å². The van der Waals surface area contributed by atoms with Crippen molar-refractivity contribution < 1.29 is 14.3 Å². The van der Waals surface area contributed by atoms with E-state index in [0.29, 0.717) is 41.6 Å². The lowest BCUT2D eigenvalue weighted by Crippen LogP contribution is -2.28. The Morgan fingerprint density at radius 3 is 2.62 bits per heavy atom. The Hall–Kier alpha value is -4.57. The molecule has 0 bridgehead atoms. The normalized spacial score (nSPS) is 12.8. The van der Waals surface area contributed by atoms with Gasteiger partial charge < -0.3 is 19.7 Å². The minimum atomic E-state index is -0.00361. The van der Waals surface area contributed by atoms with Gasteiger partial charge in [-0.15, -0.1) is 0 Å². The molecule has 1 N–H and O–H groups in total. The molecule has 0 saturated carbocycles. The van der Waals surface area contributed by atoms with Gasteiger partial charge in [-0.2, -0.15) is 5.26 Å². The van der Waals surface area contributed by atoms with Crippen LogP contribution >= 0.6 is 0 Å². The van der Waals surface area contributed by atoms with E-state index < -0.39 is 0 Å². The van der Waals surface area contributed by atoms with Crippen molar-refractivity contribution in [1.82, 2.24) is 9.88 Å². The Balaban J connectivity index is 1.41. The van der Waals surface area contributed by atoms with Crippen molar-refractivity contribution in [2.75, 3.05) is 25.5 Å². The number of hydrogen-bond acceptors (Lipinski definition) is 6. The highest BCUT2D eigenvalue weighted by atomic mass is 16.5. The molecule has 0 atom stereocenters. The highest BCUT2D eigenvalue weighted by molar-refractivity contribution is 6.03. The van der Waals surface area contributed by atoms with Gasteiger partial charge in [0.15, 0.2) is 0 Å². The zero-order valence-corrected chi connectivity index (χ0v) is 20.7. The fourth-order valence-corrected chi connectivity index (χ4v) is 4.61. The molecule has 1 aliphatic rings. The molecular weight excluding hydrogens is 464 g/mol. The molecule has 7 heteroatoms. The van der Waals surface area contributed by atoms with E-state index in [4.69, 9.17) is 9.47 Å². The number of amides is 1. The summed E-state index contributed by atoms with van der Waals surface area (Å²) >= 11 is 0. The second-order valence-corrected chi connectivity index (χ2v) is 8.99. The van der Waals surface area contributed by atoms with Crippen molar-refractivity contribution in [2.45, 2.75) is 26.0 Å². The number of hydrogen-bond donors (Lipinski definition) is 1. The molecule has 1 saturated heterocycles. The number of carbonyl (C=O) groups excluding carboxylic acids is 1. The van der Waals surface area contributed by atoms with Gasteiger partial charge in [0.25, 0.3) is 5.91 Å². The van der Waals surface area contributed by atoms with Crippen LogP contribution in [-0.2, 0) is 13.2 Å². The van der Waals surface area contributed by atoms with Gasteiger partial charge in [-0.3, -0.25) is 4.79 Å². The molecule has 0 spiro atoms. The highest BCUT2D eigenvalue weighted by Gasteiger charge is 2.23. The van der Waals surface area contributed by atoms with Gasteiger partial charge in [-0.1, -0.05) is 30.3 Å². The van der Waals surface area contributed by atoms with Crippen LogP contribution in [0.2, 0.25) is 0 Å². The Labute approximate surface area is 216 Å². The summed E-state index contributed by atoms with van der Waals surface area (Å²) in [4.78, 5) is 19.5. The number of nitriles is 1. The molecule has 3 aromatic carbocycles. The molecule has 5 rings (SSSR count). The van der Waals surface area contributed by atoms with Crippen LogP contribution < -0.4 is 14.8 Å². The average Bonchev–Trinajstić information content (AvgIpc) is 3.49. The third kappa shape index (κ3) is 5.34. The molecular formula is C30H28N4O3. The largest absolute Gasteiger partial charge is 0.496 e. The third-order valence-corrected chi connectivity index (χ3v) is 6.58. The number of fused-ring (bicyclic) bond motifs is 1. The van der Waals surface area contributed by atoms with Gasteiger partial charge in [0, 0.05) is 36.8 Å². The van der Waals surface area contributed by atoms with E-state index in [1.54, 1.807) is 19.4 Å². The first kappa shape index (κ1) is 24.1. The van der Waals surface area contributed by atoms with Crippen molar-refractivity contribution >= 4 is 22.5 Å². The minimum absolute atomic E-state index is 0.00361. The number of likely N-dealkylation sites (tertiary alicyclic amines) is 1. The van der Waals surface area contributed by atoms with E-state index in [9.17, 15) is 10.1 Å². The van der Waals surface area contributed by atoms with Crippen LogP contribution in [0.15, 0.2) is 72.9 Å². The summed E-state index contributed by atoms with van der Waals surface area (Å²) in [6.07, 6.45) is 3.78. The molecule has 1 aliphatic heterocycles. The second-order valence-electron chi connectivity index (χ2n) is 8.99. The first-order valence-electron chi connectivity index (χ1n) is 12.4. The first-order chi connectivity index (χ1) is 18.2. The summed E-state index contributed by atoms with van der Waals surface area (Å²) < 4.78 is 11.7. The lowest BCUT2D eigenvalue weighted by atomic mass is 10.1. The number of nitrogens with one attached hydrogen (secondary N) is 1. The van der Waals surface area contributed by atoms with Crippen LogP contribution in [0.1, 0.15) is 39.9 Å². The highest BCUT2D eigenvalue weighted by Crippen LogP contribution is 2.32. The maximum Gasteiger partial charge on any atom is 0.257 e. The number of aromatic nitrogens is 1. The quantitative estimate of drug-likeness (QED) is 0.347. The summed E-state index contributed by atoms with van der Waals surface area (Å²) in [5, 5.41) is 14.6. The van der Waals surface area contributed by atoms with Crippen LogP contribution in [0.5, 0.6) is 11.5 Å². The lowest BCUT2D eigenvalue weighted by Gasteiger charge is -2.18. The standard InChI is InChI=1S/C30H28N4O3/c1-36-28-17-25-23(16-26(28)30(35)34-13-5-6-14-34)11-12-32-29(25)33-19-24-15-22(18-31)9-10-27(24)37-20-21-7-3-2-4-8-21/h2-4,7-12,15-17H,5-6,13-14,19-20H2,1H3,(H,32,33). The van der Waals surface area contributed by atoms with Crippen molar-refractivity contribution in [3.8, 4) is 17.6 Å². The predicted octanol–water partition coefficient (Wildman–Crippen LogP) is 5.54. The van der Waals surface area contributed by atoms with Crippen LogP contribution in [0.25, 0.3) is 10.8 Å². The van der Waals surface area contributed by atoms with E-state index in [0.717, 1.165) is 47.8 Å². The Morgan fingerprint density at radius 2 is 1.86 bits per heavy atom. The molecule has 1 amide bonds. The van der Waals surface area contributed by atoms with Crippen LogP contribution in [0.3, 0.4) is 0 Å². The predicted molar refractivity (Wildman–Crippen MR) is 143 cm³/mol. The van der Waals surface area contributed by atoms with Crippen molar-refractivity contribution in [1.29, 1.82) is 5.26 Å². The summed E-state index contributed by atoms with van der Waals surface area (Å²) in [7, 11) is 1.58. The topological polar surface area (TPSA) is 87.5 Å². The summed E-state index contributed by atoms with van der Waals surface area (Å²) in [5.74, 6) is 1.88. The number of rotatable bonds is 8. The molecule has 0 radical (unpaired) electrons. The number of methoxy groups -OCH3 is 1. The summed E-state index contributed by atoms with van der Waals surface area (Å²) in [6, 6.07) is 23.2. The SMILES string of the molecule is COc1cc2c(NCc3cc(C#N)ccc3OCc3ccccc3)nccc2cc1C(=O)N1CCCC1. The van der Waals surface area contributed by atoms with Gasteiger partial charge in [0.05, 0.1) is 24.3 Å². The minimum Gasteiger partial charge on any atom is -0.496 e. The van der Waals surface area contributed by atoms with Crippen molar-refractivity contribution in [3.05, 3.63) is 95.2 Å². The molecule has 0 aliphatic carbocycles. The van der Waals surface area contributed by atoms with Crippen molar-refractivity contribution in [2.24, 2.45) is 0 Å². The van der Waals surface area contributed by atoms with E-state index in [2.05, 4.69) is 16.4 Å². The summed E-state index contributed by atoms with van der Waals surface area (Å²) in [6.45, 7) is 2.39. The van der Waals surface area contributed by atoms with E-state index in [-0.39, 0.29) is 5.91 Å². The fraction of sp³-hybridized carbons (Fsp3) is 0.233. The van der Waals surface area contributed by atoms with Crippen molar-refractivity contribution in [3.63, 3.8) is 0 Å². The Kier molecular flexibility index (Phi) is 7.18. The van der Waals surface area contributed by atoms with Gasteiger partial charge in [0.2, 0.25) is 0 Å². The number of benzene rings is 3. The third-order valence-electron chi connectivity index (χ3n) is 6.58. The second kappa shape index (κ2) is 11.0. The first-order valence-corrected chi connectivity index (χ1v) is 12.4. The number of ether oxygens (including phenoxy) is 2. The zero-order chi connectivity index (χ0) is 25.6. The van der Waals surface area contributed by atoms with Crippen LogP contribution in [-0.4, -0.2) is 36.0 Å². The van der Waals surface area contributed by atoms with Crippen LogP contribution in [0, 0.1) is 11.3 Å². The molecule has 0 unspecified atom stereocenters. The molecule has 186 valence electrons.